The molecule has 0 unspecified atom stereocenters. The lowest BCUT2D eigenvalue weighted by molar-refractivity contribution is 0.426. The molecule has 0 radical (unpaired) electrons. The summed E-state index contributed by atoms with van der Waals surface area (Å²) in [7, 11) is 0. The van der Waals surface area contributed by atoms with Crippen molar-refractivity contribution in [3.05, 3.63) is 40.9 Å². The highest BCUT2D eigenvalue weighted by atomic mass is 79.9. The zero-order valence-corrected chi connectivity index (χ0v) is 9.71. The van der Waals surface area contributed by atoms with Crippen LogP contribution in [-0.2, 0) is 5.54 Å². The van der Waals surface area contributed by atoms with Gasteiger partial charge in [-0.3, -0.25) is 0 Å². The molecule has 0 saturated carbocycles. The molecule has 3 N–H and O–H groups in total. The first-order valence-electron chi connectivity index (χ1n) is 4.36. The Morgan fingerprint density at radius 2 is 2.29 bits per heavy atom. The van der Waals surface area contributed by atoms with Crippen molar-refractivity contribution >= 4 is 15.9 Å². The van der Waals surface area contributed by atoms with Gasteiger partial charge in [0.15, 0.2) is 0 Å². The summed E-state index contributed by atoms with van der Waals surface area (Å²) in [5.41, 5.74) is 6.22. The van der Waals surface area contributed by atoms with Crippen LogP contribution in [-0.4, -0.2) is 5.11 Å². The van der Waals surface area contributed by atoms with Crippen molar-refractivity contribution in [2.75, 3.05) is 0 Å². The Hall–Kier alpha value is -0.800. The highest BCUT2D eigenvalue weighted by Crippen LogP contribution is 2.32. The van der Waals surface area contributed by atoms with Crippen molar-refractivity contribution in [3.8, 4) is 5.75 Å². The second kappa shape index (κ2) is 4.15. The topological polar surface area (TPSA) is 46.2 Å². The van der Waals surface area contributed by atoms with Crippen LogP contribution >= 0.6 is 15.9 Å². The number of aromatic hydroxyl groups is 1. The van der Waals surface area contributed by atoms with Crippen LogP contribution in [0, 0.1) is 0 Å². The van der Waals surface area contributed by atoms with Gasteiger partial charge in [0.1, 0.15) is 5.75 Å². The summed E-state index contributed by atoms with van der Waals surface area (Å²) in [6.07, 6.45) is 2.37. The molecule has 0 amide bonds. The van der Waals surface area contributed by atoms with E-state index in [2.05, 4.69) is 22.5 Å². The van der Waals surface area contributed by atoms with Crippen LogP contribution in [0.5, 0.6) is 5.75 Å². The summed E-state index contributed by atoms with van der Waals surface area (Å²) in [5, 5.41) is 9.66. The van der Waals surface area contributed by atoms with E-state index in [1.165, 1.54) is 0 Å². The Morgan fingerprint density at radius 3 is 2.86 bits per heavy atom. The lowest BCUT2D eigenvalue weighted by atomic mass is 9.89. The van der Waals surface area contributed by atoms with Crippen LogP contribution in [0.15, 0.2) is 35.3 Å². The molecule has 0 heterocycles. The lowest BCUT2D eigenvalue weighted by Gasteiger charge is -2.24. The van der Waals surface area contributed by atoms with E-state index in [9.17, 15) is 5.11 Å². The Labute approximate surface area is 92.6 Å². The normalized spacial score (nSPS) is 14.8. The van der Waals surface area contributed by atoms with Gasteiger partial charge in [-0.1, -0.05) is 22.0 Å². The molecule has 14 heavy (non-hydrogen) atoms. The number of hydrogen-bond acceptors (Lipinski definition) is 2. The minimum absolute atomic E-state index is 0.222. The Balaban J connectivity index is 3.16. The summed E-state index contributed by atoms with van der Waals surface area (Å²) < 4.78 is 0.908. The second-order valence-electron chi connectivity index (χ2n) is 3.57. The largest absolute Gasteiger partial charge is 0.508 e. The van der Waals surface area contributed by atoms with Crippen LogP contribution in [0.4, 0.5) is 0 Å². The maximum Gasteiger partial charge on any atom is 0.120 e. The van der Waals surface area contributed by atoms with E-state index in [0.717, 1.165) is 10.0 Å². The molecule has 0 aliphatic carbocycles. The van der Waals surface area contributed by atoms with Crippen molar-refractivity contribution in [1.29, 1.82) is 0 Å². The first-order valence-corrected chi connectivity index (χ1v) is 5.15. The second-order valence-corrected chi connectivity index (χ2v) is 4.49. The van der Waals surface area contributed by atoms with Gasteiger partial charge in [0.2, 0.25) is 0 Å². The Morgan fingerprint density at radius 1 is 1.64 bits per heavy atom. The van der Waals surface area contributed by atoms with Crippen LogP contribution in [0.2, 0.25) is 0 Å². The van der Waals surface area contributed by atoms with Gasteiger partial charge in [-0.15, -0.1) is 6.58 Å². The fourth-order valence-corrected chi connectivity index (χ4v) is 1.74. The SMILES string of the molecule is C=CC[C@@](C)(N)c1cc(Br)ccc1O. The maximum absolute atomic E-state index is 9.66. The Bertz CT molecular complexity index is 347. The molecule has 1 atom stereocenters. The van der Waals surface area contributed by atoms with Gasteiger partial charge in [0.25, 0.3) is 0 Å². The summed E-state index contributed by atoms with van der Waals surface area (Å²) in [6, 6.07) is 5.25. The number of halogens is 1. The maximum atomic E-state index is 9.66. The minimum Gasteiger partial charge on any atom is -0.508 e. The number of rotatable bonds is 3. The van der Waals surface area contributed by atoms with E-state index in [4.69, 9.17) is 5.73 Å². The Kier molecular flexibility index (Phi) is 3.34. The highest BCUT2D eigenvalue weighted by molar-refractivity contribution is 9.10. The van der Waals surface area contributed by atoms with Crippen LogP contribution < -0.4 is 5.73 Å². The molecular formula is C11H14BrNO. The molecule has 3 heteroatoms. The molecule has 1 aromatic rings. The number of phenolic OH excluding ortho intramolecular Hbond substituents is 1. The third-order valence-corrected chi connectivity index (χ3v) is 2.64. The van der Waals surface area contributed by atoms with Gasteiger partial charge in [0, 0.05) is 15.6 Å². The number of hydrogen-bond donors (Lipinski definition) is 2. The summed E-state index contributed by atoms with van der Waals surface area (Å²) in [4.78, 5) is 0. The molecule has 2 nitrogen and oxygen atoms in total. The first kappa shape index (κ1) is 11.3. The average Bonchev–Trinajstić information content (AvgIpc) is 2.09. The molecule has 0 aromatic heterocycles. The zero-order chi connectivity index (χ0) is 10.8. The smallest absolute Gasteiger partial charge is 0.120 e. The molecule has 0 aliphatic heterocycles. The van der Waals surface area contributed by atoms with Crippen molar-refractivity contribution < 1.29 is 5.11 Å². The summed E-state index contributed by atoms with van der Waals surface area (Å²) >= 11 is 3.35. The minimum atomic E-state index is -0.574. The summed E-state index contributed by atoms with van der Waals surface area (Å²) in [6.45, 7) is 5.52. The van der Waals surface area contributed by atoms with E-state index in [0.29, 0.717) is 6.42 Å². The quantitative estimate of drug-likeness (QED) is 0.817. The molecule has 0 spiro atoms. The van der Waals surface area contributed by atoms with Crippen LogP contribution in [0.25, 0.3) is 0 Å². The molecule has 0 aliphatic rings. The number of phenols is 1. The van der Waals surface area contributed by atoms with Crippen LogP contribution in [0.1, 0.15) is 18.9 Å². The van der Waals surface area contributed by atoms with Gasteiger partial charge in [-0.25, -0.2) is 0 Å². The van der Waals surface area contributed by atoms with Crippen LogP contribution in [0.3, 0.4) is 0 Å². The third kappa shape index (κ3) is 2.36. The van der Waals surface area contributed by atoms with Gasteiger partial charge in [0.05, 0.1) is 0 Å². The summed E-state index contributed by atoms with van der Waals surface area (Å²) in [5.74, 6) is 0.222. The highest BCUT2D eigenvalue weighted by Gasteiger charge is 2.22. The fraction of sp³-hybridized carbons (Fsp3) is 0.273. The van der Waals surface area contributed by atoms with Crippen molar-refractivity contribution in [3.63, 3.8) is 0 Å². The standard InChI is InChI=1S/C11H14BrNO/c1-3-6-11(2,13)9-7-8(12)4-5-10(9)14/h3-5,7,14H,1,6,13H2,2H3/t11-/m1/s1. The van der Waals surface area contributed by atoms with Crippen molar-refractivity contribution in [2.45, 2.75) is 18.9 Å². The van der Waals surface area contributed by atoms with Crippen molar-refractivity contribution in [2.24, 2.45) is 5.73 Å². The number of benzene rings is 1. The van der Waals surface area contributed by atoms with Gasteiger partial charge in [-0.2, -0.15) is 0 Å². The van der Waals surface area contributed by atoms with E-state index < -0.39 is 5.54 Å². The number of nitrogens with two attached hydrogens (primary N) is 1. The average molecular weight is 256 g/mol. The molecular weight excluding hydrogens is 242 g/mol. The third-order valence-electron chi connectivity index (χ3n) is 2.14. The molecule has 1 aromatic carbocycles. The van der Waals surface area contributed by atoms with E-state index >= 15 is 0 Å². The van der Waals surface area contributed by atoms with Crippen molar-refractivity contribution in [1.82, 2.24) is 0 Å². The molecule has 76 valence electrons. The molecule has 0 fully saturated rings. The monoisotopic (exact) mass is 255 g/mol. The fourth-order valence-electron chi connectivity index (χ4n) is 1.38. The van der Waals surface area contributed by atoms with Gasteiger partial charge < -0.3 is 10.8 Å². The van der Waals surface area contributed by atoms with Gasteiger partial charge in [-0.05, 0) is 31.5 Å². The zero-order valence-electron chi connectivity index (χ0n) is 8.13. The van der Waals surface area contributed by atoms with E-state index in [1.807, 2.05) is 13.0 Å². The van der Waals surface area contributed by atoms with E-state index in [-0.39, 0.29) is 5.75 Å². The van der Waals surface area contributed by atoms with E-state index in [1.54, 1.807) is 18.2 Å². The molecule has 0 saturated heterocycles. The predicted octanol–water partition coefficient (Wildman–Crippen LogP) is 2.90. The first-order chi connectivity index (χ1) is 6.47. The van der Waals surface area contributed by atoms with Gasteiger partial charge >= 0.3 is 0 Å². The predicted molar refractivity (Wildman–Crippen MR) is 62.2 cm³/mol. The molecule has 0 bridgehead atoms. The molecule has 1 rings (SSSR count). The lowest BCUT2D eigenvalue weighted by Crippen LogP contribution is -2.32.